The van der Waals surface area contributed by atoms with Crippen LogP contribution in [0.4, 0.5) is 0 Å². The highest BCUT2D eigenvalue weighted by Gasteiger charge is 2.08. The molecule has 0 fully saturated rings. The van der Waals surface area contributed by atoms with Crippen LogP contribution in [0.1, 0.15) is 25.0 Å². The van der Waals surface area contributed by atoms with E-state index in [0.29, 0.717) is 6.04 Å². The zero-order valence-corrected chi connectivity index (χ0v) is 15.4. The van der Waals surface area contributed by atoms with Crippen LogP contribution in [0.5, 0.6) is 0 Å². The molecule has 0 spiro atoms. The lowest BCUT2D eigenvalue weighted by atomic mass is 10.1. The normalized spacial score (nSPS) is 11.4. The molecule has 5 heteroatoms. The molecule has 0 unspecified atom stereocenters. The van der Waals surface area contributed by atoms with Crippen molar-refractivity contribution in [3.05, 3.63) is 35.4 Å². The molecule has 0 aliphatic heterocycles. The van der Waals surface area contributed by atoms with Gasteiger partial charge in [-0.05, 0) is 32.0 Å². The molecule has 0 aliphatic carbocycles. The minimum atomic E-state index is 0. The summed E-state index contributed by atoms with van der Waals surface area (Å²) in [5, 5.41) is 6.33. The number of nitrogens with one attached hydrogen (secondary N) is 2. The first-order valence-corrected chi connectivity index (χ1v) is 6.74. The fourth-order valence-corrected chi connectivity index (χ4v) is 1.79. The summed E-state index contributed by atoms with van der Waals surface area (Å²) in [6.45, 7) is 6.18. The summed E-state index contributed by atoms with van der Waals surface area (Å²) < 4.78 is 0. The number of hydrogen-bond donors (Lipinski definition) is 2. The summed E-state index contributed by atoms with van der Waals surface area (Å²) in [6, 6.07) is 9.08. The maximum absolute atomic E-state index is 4.12. The van der Waals surface area contributed by atoms with Crippen LogP contribution >= 0.6 is 24.0 Å². The van der Waals surface area contributed by atoms with Gasteiger partial charge in [-0.2, -0.15) is 0 Å². The second-order valence-electron chi connectivity index (χ2n) is 4.95. The van der Waals surface area contributed by atoms with E-state index in [0.717, 1.165) is 19.0 Å². The van der Waals surface area contributed by atoms with E-state index in [1.807, 2.05) is 7.05 Å². The molecule has 4 nitrogen and oxygen atoms in total. The van der Waals surface area contributed by atoms with Crippen LogP contribution in [0.3, 0.4) is 0 Å². The third-order valence-corrected chi connectivity index (χ3v) is 3.33. The summed E-state index contributed by atoms with van der Waals surface area (Å²) in [6.07, 6.45) is 0. The average molecular weight is 390 g/mol. The molecule has 20 heavy (non-hydrogen) atoms. The predicted octanol–water partition coefficient (Wildman–Crippen LogP) is 2.44. The molecule has 2 N–H and O–H groups in total. The zero-order chi connectivity index (χ0) is 14.3. The topological polar surface area (TPSA) is 39.7 Å². The van der Waals surface area contributed by atoms with E-state index < -0.39 is 0 Å². The Bertz CT molecular complexity index is 418. The van der Waals surface area contributed by atoms with Crippen molar-refractivity contribution < 1.29 is 0 Å². The molecule has 0 radical (unpaired) electrons. The van der Waals surface area contributed by atoms with Crippen LogP contribution in [0, 0.1) is 0 Å². The Hall–Kier alpha value is -0.820. The van der Waals surface area contributed by atoms with E-state index in [1.165, 1.54) is 11.1 Å². The van der Waals surface area contributed by atoms with Crippen LogP contribution in [0.15, 0.2) is 29.3 Å². The van der Waals surface area contributed by atoms with Gasteiger partial charge in [0.15, 0.2) is 5.96 Å². The maximum atomic E-state index is 4.12. The number of halogens is 1. The van der Waals surface area contributed by atoms with Gasteiger partial charge in [0.25, 0.3) is 0 Å². The molecule has 114 valence electrons. The summed E-state index contributed by atoms with van der Waals surface area (Å²) in [5.41, 5.74) is 2.67. The number of nitrogens with zero attached hydrogens (tertiary/aromatic N) is 2. The van der Waals surface area contributed by atoms with Crippen LogP contribution in [-0.2, 0) is 13.1 Å². The number of aliphatic imine (C=N–C) groups is 1. The van der Waals surface area contributed by atoms with Gasteiger partial charge in [0.2, 0.25) is 0 Å². The first-order valence-electron chi connectivity index (χ1n) is 6.74. The predicted molar refractivity (Wildman–Crippen MR) is 97.7 cm³/mol. The molecule has 0 saturated heterocycles. The smallest absolute Gasteiger partial charge is 0.190 e. The van der Waals surface area contributed by atoms with Crippen molar-refractivity contribution >= 4 is 29.9 Å². The highest BCUT2D eigenvalue weighted by atomic mass is 127. The highest BCUT2D eigenvalue weighted by molar-refractivity contribution is 14.0. The molecule has 0 heterocycles. The highest BCUT2D eigenvalue weighted by Crippen LogP contribution is 2.12. The van der Waals surface area contributed by atoms with Crippen molar-refractivity contribution in [2.24, 2.45) is 4.99 Å². The van der Waals surface area contributed by atoms with E-state index in [-0.39, 0.29) is 24.0 Å². The second kappa shape index (κ2) is 9.99. The van der Waals surface area contributed by atoms with Crippen LogP contribution in [0.25, 0.3) is 0 Å². The lowest BCUT2D eigenvalue weighted by Gasteiger charge is -2.22. The fourth-order valence-electron chi connectivity index (χ4n) is 1.79. The minimum absolute atomic E-state index is 0. The fraction of sp³-hybridized carbons (Fsp3) is 0.533. The molecule has 0 saturated carbocycles. The molecule has 1 rings (SSSR count). The monoisotopic (exact) mass is 390 g/mol. The molecule has 1 aromatic carbocycles. The van der Waals surface area contributed by atoms with Crippen LogP contribution in [-0.4, -0.2) is 38.0 Å². The lowest BCUT2D eigenvalue weighted by molar-refractivity contribution is 0.265. The van der Waals surface area contributed by atoms with Gasteiger partial charge in [-0.3, -0.25) is 9.89 Å². The molecule has 0 aromatic heterocycles. The summed E-state index contributed by atoms with van der Waals surface area (Å²) in [4.78, 5) is 6.46. The second-order valence-corrected chi connectivity index (χ2v) is 4.95. The Balaban J connectivity index is 0.00000361. The molecular formula is C15H27IN4. The Kier molecular flexibility index (Phi) is 9.58. The van der Waals surface area contributed by atoms with Crippen molar-refractivity contribution in [3.63, 3.8) is 0 Å². The number of rotatable bonds is 5. The van der Waals surface area contributed by atoms with Gasteiger partial charge in [0, 0.05) is 33.2 Å². The van der Waals surface area contributed by atoms with E-state index in [9.17, 15) is 0 Å². The SMILES string of the molecule is CN=C(NC)NCc1ccccc1CN(C)C(C)C.I. The van der Waals surface area contributed by atoms with Gasteiger partial charge in [0.1, 0.15) is 0 Å². The number of benzene rings is 1. The van der Waals surface area contributed by atoms with E-state index in [1.54, 1.807) is 7.05 Å². The van der Waals surface area contributed by atoms with Gasteiger partial charge in [-0.1, -0.05) is 24.3 Å². The molecule has 0 bridgehead atoms. The largest absolute Gasteiger partial charge is 0.359 e. The maximum Gasteiger partial charge on any atom is 0.190 e. The minimum Gasteiger partial charge on any atom is -0.359 e. The Labute approximate surface area is 140 Å². The molecule has 1 aromatic rings. The zero-order valence-electron chi connectivity index (χ0n) is 13.1. The van der Waals surface area contributed by atoms with E-state index >= 15 is 0 Å². The van der Waals surface area contributed by atoms with Gasteiger partial charge < -0.3 is 10.6 Å². The van der Waals surface area contributed by atoms with E-state index in [4.69, 9.17) is 0 Å². The Morgan fingerprint density at radius 1 is 1.25 bits per heavy atom. The van der Waals surface area contributed by atoms with Gasteiger partial charge in [-0.25, -0.2) is 0 Å². The average Bonchev–Trinajstić information content (AvgIpc) is 2.41. The molecular weight excluding hydrogens is 363 g/mol. The van der Waals surface area contributed by atoms with Gasteiger partial charge in [-0.15, -0.1) is 24.0 Å². The third-order valence-electron chi connectivity index (χ3n) is 3.33. The Morgan fingerprint density at radius 3 is 2.35 bits per heavy atom. The molecule has 0 aliphatic rings. The standard InChI is InChI=1S/C15H26N4.HI/c1-12(2)19(5)11-14-9-7-6-8-13(14)10-18-15(16-3)17-4;/h6-9,12H,10-11H2,1-5H3,(H2,16,17,18);1H. The number of hydrogen-bond acceptors (Lipinski definition) is 2. The van der Waals surface area contributed by atoms with Gasteiger partial charge >= 0.3 is 0 Å². The Morgan fingerprint density at radius 2 is 1.85 bits per heavy atom. The third kappa shape index (κ3) is 6.09. The number of guanidine groups is 1. The van der Waals surface area contributed by atoms with Crippen LogP contribution in [0.2, 0.25) is 0 Å². The first-order chi connectivity index (χ1) is 9.08. The van der Waals surface area contributed by atoms with Gasteiger partial charge in [0.05, 0.1) is 0 Å². The van der Waals surface area contributed by atoms with E-state index in [2.05, 4.69) is 65.7 Å². The first kappa shape index (κ1) is 19.2. The molecule has 0 atom stereocenters. The summed E-state index contributed by atoms with van der Waals surface area (Å²) >= 11 is 0. The lowest BCUT2D eigenvalue weighted by Crippen LogP contribution is -2.34. The van der Waals surface area contributed by atoms with Crippen molar-refractivity contribution in [1.29, 1.82) is 0 Å². The summed E-state index contributed by atoms with van der Waals surface area (Å²) in [7, 11) is 5.80. The van der Waals surface area contributed by atoms with Crippen molar-refractivity contribution in [3.8, 4) is 0 Å². The van der Waals surface area contributed by atoms with Crippen molar-refractivity contribution in [1.82, 2.24) is 15.5 Å². The van der Waals surface area contributed by atoms with Crippen LogP contribution < -0.4 is 10.6 Å². The van der Waals surface area contributed by atoms with Crippen molar-refractivity contribution in [2.45, 2.75) is 33.0 Å². The van der Waals surface area contributed by atoms with Crippen molar-refractivity contribution in [2.75, 3.05) is 21.1 Å². The quantitative estimate of drug-likeness (QED) is 0.461. The molecule has 0 amide bonds. The summed E-state index contributed by atoms with van der Waals surface area (Å²) in [5.74, 6) is 0.812.